The molecule has 0 bridgehead atoms. The molecule has 0 N–H and O–H groups in total. The normalized spacial score (nSPS) is 15.1. The van der Waals surface area contributed by atoms with Gasteiger partial charge in [0.05, 0.1) is 6.26 Å². The molecule has 0 aliphatic carbocycles. The summed E-state index contributed by atoms with van der Waals surface area (Å²) in [7, 11) is 0. The van der Waals surface area contributed by atoms with Crippen molar-refractivity contribution in [3.63, 3.8) is 0 Å². The van der Waals surface area contributed by atoms with Gasteiger partial charge in [-0.1, -0.05) is 35.5 Å². The Morgan fingerprint density at radius 3 is 2.57 bits per heavy atom. The average molecular weight is 380 g/mol. The molecule has 4 rings (SSSR count). The van der Waals surface area contributed by atoms with Gasteiger partial charge in [-0.3, -0.25) is 9.69 Å². The lowest BCUT2D eigenvalue weighted by Crippen LogP contribution is -2.49. The van der Waals surface area contributed by atoms with Gasteiger partial charge >= 0.3 is 0 Å². The standard InChI is InChI=1S/C21H24N4O3/c26-20(9-8-19-22-21(23-28-19)18-7-4-16-27-18)25-14-12-24(13-15-25)11-10-17-5-2-1-3-6-17/h1-7,16H,8-15H2. The Balaban J connectivity index is 1.19. The summed E-state index contributed by atoms with van der Waals surface area (Å²) in [4.78, 5) is 21.1. The van der Waals surface area contributed by atoms with Crippen LogP contribution in [0.3, 0.4) is 0 Å². The fourth-order valence-corrected chi connectivity index (χ4v) is 3.39. The lowest BCUT2D eigenvalue weighted by atomic mass is 10.1. The summed E-state index contributed by atoms with van der Waals surface area (Å²) >= 11 is 0. The summed E-state index contributed by atoms with van der Waals surface area (Å²) in [5, 5.41) is 3.89. The van der Waals surface area contributed by atoms with E-state index in [2.05, 4.69) is 39.3 Å². The number of amides is 1. The minimum Gasteiger partial charge on any atom is -0.461 e. The van der Waals surface area contributed by atoms with E-state index in [1.54, 1.807) is 18.4 Å². The number of carbonyl (C=O) groups excluding carboxylic acids is 1. The second kappa shape index (κ2) is 8.84. The van der Waals surface area contributed by atoms with Crippen LogP contribution >= 0.6 is 0 Å². The molecule has 0 atom stereocenters. The molecule has 28 heavy (non-hydrogen) atoms. The maximum atomic E-state index is 12.5. The predicted octanol–water partition coefficient (Wildman–Crippen LogP) is 2.65. The van der Waals surface area contributed by atoms with Gasteiger partial charge in [0.25, 0.3) is 0 Å². The van der Waals surface area contributed by atoms with E-state index < -0.39 is 0 Å². The number of furan rings is 1. The van der Waals surface area contributed by atoms with E-state index in [4.69, 9.17) is 8.94 Å². The van der Waals surface area contributed by atoms with Crippen LogP contribution in [0.2, 0.25) is 0 Å². The van der Waals surface area contributed by atoms with Crippen LogP contribution in [-0.2, 0) is 17.6 Å². The number of hydrogen-bond donors (Lipinski definition) is 0. The van der Waals surface area contributed by atoms with Crippen molar-refractivity contribution in [2.24, 2.45) is 0 Å². The van der Waals surface area contributed by atoms with Crippen molar-refractivity contribution >= 4 is 5.91 Å². The maximum absolute atomic E-state index is 12.5. The quantitative estimate of drug-likeness (QED) is 0.627. The highest BCUT2D eigenvalue weighted by atomic mass is 16.5. The first kappa shape index (κ1) is 18.4. The van der Waals surface area contributed by atoms with Crippen molar-refractivity contribution in [1.29, 1.82) is 0 Å². The monoisotopic (exact) mass is 380 g/mol. The van der Waals surface area contributed by atoms with Crippen molar-refractivity contribution in [1.82, 2.24) is 19.9 Å². The molecule has 0 spiro atoms. The van der Waals surface area contributed by atoms with E-state index in [1.165, 1.54) is 5.56 Å². The van der Waals surface area contributed by atoms with Gasteiger partial charge in [-0.05, 0) is 24.1 Å². The number of hydrogen-bond acceptors (Lipinski definition) is 6. The summed E-state index contributed by atoms with van der Waals surface area (Å²) in [6.07, 6.45) is 3.43. The van der Waals surface area contributed by atoms with Crippen molar-refractivity contribution < 1.29 is 13.7 Å². The van der Waals surface area contributed by atoms with Crippen LogP contribution in [0.5, 0.6) is 0 Å². The van der Waals surface area contributed by atoms with Gasteiger partial charge in [0.1, 0.15) is 0 Å². The first-order chi connectivity index (χ1) is 13.8. The van der Waals surface area contributed by atoms with Crippen LogP contribution < -0.4 is 0 Å². The molecule has 7 heteroatoms. The molecule has 7 nitrogen and oxygen atoms in total. The first-order valence-corrected chi connectivity index (χ1v) is 9.68. The molecule has 1 aliphatic rings. The number of nitrogens with zero attached hydrogens (tertiary/aromatic N) is 4. The number of aryl methyl sites for hydroxylation is 1. The lowest BCUT2D eigenvalue weighted by Gasteiger charge is -2.34. The molecular formula is C21H24N4O3. The van der Waals surface area contributed by atoms with Crippen LogP contribution in [-0.4, -0.2) is 58.6 Å². The molecule has 0 radical (unpaired) electrons. The summed E-state index contributed by atoms with van der Waals surface area (Å²) in [6.45, 7) is 4.41. The average Bonchev–Trinajstić information content (AvgIpc) is 3.43. The molecule has 1 aromatic carbocycles. The number of piperazine rings is 1. The third-order valence-electron chi connectivity index (χ3n) is 5.05. The van der Waals surface area contributed by atoms with Gasteiger partial charge in [0, 0.05) is 45.6 Å². The van der Waals surface area contributed by atoms with E-state index in [0.717, 1.165) is 39.1 Å². The van der Waals surface area contributed by atoms with Gasteiger partial charge in [0.2, 0.25) is 17.6 Å². The molecule has 0 saturated carbocycles. The fourth-order valence-electron chi connectivity index (χ4n) is 3.39. The van der Waals surface area contributed by atoms with E-state index in [1.807, 2.05) is 11.0 Å². The third-order valence-corrected chi connectivity index (χ3v) is 5.05. The molecule has 146 valence electrons. The number of benzene rings is 1. The van der Waals surface area contributed by atoms with Gasteiger partial charge in [-0.2, -0.15) is 4.98 Å². The number of carbonyl (C=O) groups is 1. The van der Waals surface area contributed by atoms with Gasteiger partial charge in [-0.25, -0.2) is 0 Å². The number of rotatable bonds is 7. The van der Waals surface area contributed by atoms with Crippen LogP contribution in [0.1, 0.15) is 17.9 Å². The second-order valence-corrected chi connectivity index (χ2v) is 6.95. The zero-order chi connectivity index (χ0) is 19.2. The SMILES string of the molecule is O=C(CCc1nc(-c2ccco2)no1)N1CCN(CCc2ccccc2)CC1. The lowest BCUT2D eigenvalue weighted by molar-refractivity contribution is -0.133. The minimum absolute atomic E-state index is 0.139. The first-order valence-electron chi connectivity index (χ1n) is 9.68. The van der Waals surface area contributed by atoms with E-state index >= 15 is 0 Å². The highest BCUT2D eigenvalue weighted by Crippen LogP contribution is 2.16. The second-order valence-electron chi connectivity index (χ2n) is 6.95. The largest absolute Gasteiger partial charge is 0.461 e. The predicted molar refractivity (Wildman–Crippen MR) is 103 cm³/mol. The van der Waals surface area contributed by atoms with Gasteiger partial charge in [0.15, 0.2) is 5.76 Å². The van der Waals surface area contributed by atoms with Crippen molar-refractivity contribution in [2.45, 2.75) is 19.3 Å². The zero-order valence-electron chi connectivity index (χ0n) is 15.8. The molecule has 2 aromatic heterocycles. The Kier molecular flexibility index (Phi) is 5.82. The smallest absolute Gasteiger partial charge is 0.238 e. The van der Waals surface area contributed by atoms with Crippen LogP contribution in [0.25, 0.3) is 11.6 Å². The summed E-state index contributed by atoms with van der Waals surface area (Å²) in [6, 6.07) is 14.1. The molecule has 1 amide bonds. The molecule has 3 aromatic rings. The van der Waals surface area contributed by atoms with Crippen molar-refractivity contribution in [2.75, 3.05) is 32.7 Å². The maximum Gasteiger partial charge on any atom is 0.238 e. The van der Waals surface area contributed by atoms with E-state index in [-0.39, 0.29) is 5.91 Å². The summed E-state index contributed by atoms with van der Waals surface area (Å²) < 4.78 is 10.5. The molecular weight excluding hydrogens is 356 g/mol. The summed E-state index contributed by atoms with van der Waals surface area (Å²) in [5.41, 5.74) is 1.36. The van der Waals surface area contributed by atoms with Crippen molar-refractivity contribution in [3.8, 4) is 11.6 Å². The molecule has 3 heterocycles. The van der Waals surface area contributed by atoms with Crippen LogP contribution in [0.15, 0.2) is 57.7 Å². The third kappa shape index (κ3) is 4.67. The van der Waals surface area contributed by atoms with Crippen molar-refractivity contribution in [3.05, 3.63) is 60.2 Å². The van der Waals surface area contributed by atoms with Crippen LogP contribution in [0, 0.1) is 0 Å². The highest BCUT2D eigenvalue weighted by molar-refractivity contribution is 5.76. The molecule has 1 fully saturated rings. The molecule has 1 saturated heterocycles. The molecule has 0 unspecified atom stereocenters. The van der Waals surface area contributed by atoms with Gasteiger partial charge in [-0.15, -0.1) is 0 Å². The molecule has 1 aliphatic heterocycles. The van der Waals surface area contributed by atoms with E-state index in [0.29, 0.717) is 30.3 Å². The Labute approximate surface area is 163 Å². The fraction of sp³-hybridized carbons (Fsp3) is 0.381. The topological polar surface area (TPSA) is 75.6 Å². The Bertz CT molecular complexity index is 868. The highest BCUT2D eigenvalue weighted by Gasteiger charge is 2.21. The minimum atomic E-state index is 0.139. The van der Waals surface area contributed by atoms with Crippen LogP contribution in [0.4, 0.5) is 0 Å². The summed E-state index contributed by atoms with van der Waals surface area (Å²) in [5.74, 6) is 1.58. The van der Waals surface area contributed by atoms with E-state index in [9.17, 15) is 4.79 Å². The number of aromatic nitrogens is 2. The Morgan fingerprint density at radius 2 is 1.82 bits per heavy atom. The zero-order valence-corrected chi connectivity index (χ0v) is 15.8. The van der Waals surface area contributed by atoms with Gasteiger partial charge < -0.3 is 13.8 Å². The Morgan fingerprint density at radius 1 is 1.00 bits per heavy atom. The Hall–Kier alpha value is -2.93.